The number of rotatable bonds is 8. The number of nitrogens with one attached hydrogen (secondary N) is 1. The first-order chi connectivity index (χ1) is 9.58. The van der Waals surface area contributed by atoms with Crippen molar-refractivity contribution in [3.63, 3.8) is 0 Å². The highest BCUT2D eigenvalue weighted by Crippen LogP contribution is 2.44. The molecule has 1 fully saturated rings. The van der Waals surface area contributed by atoms with Crippen molar-refractivity contribution in [2.75, 3.05) is 20.3 Å². The van der Waals surface area contributed by atoms with Gasteiger partial charge in [0.25, 0.3) is 0 Å². The van der Waals surface area contributed by atoms with E-state index >= 15 is 0 Å². The minimum Gasteiger partial charge on any atom is -0.497 e. The van der Waals surface area contributed by atoms with E-state index in [2.05, 4.69) is 10.1 Å². The van der Waals surface area contributed by atoms with Crippen LogP contribution in [0.15, 0.2) is 18.2 Å². The number of hydrogen-bond acceptors (Lipinski definition) is 4. The van der Waals surface area contributed by atoms with E-state index in [9.17, 15) is 13.9 Å². The lowest BCUT2D eigenvalue weighted by molar-refractivity contribution is -0.0505. The van der Waals surface area contributed by atoms with Crippen LogP contribution in [-0.2, 0) is 6.54 Å². The molecule has 0 amide bonds. The predicted octanol–water partition coefficient (Wildman–Crippen LogP) is 2.16. The van der Waals surface area contributed by atoms with E-state index in [-0.39, 0.29) is 17.8 Å². The van der Waals surface area contributed by atoms with E-state index in [0.29, 0.717) is 24.4 Å². The van der Waals surface area contributed by atoms with Gasteiger partial charge in [0.1, 0.15) is 11.5 Å². The van der Waals surface area contributed by atoms with Crippen molar-refractivity contribution in [3.8, 4) is 11.5 Å². The van der Waals surface area contributed by atoms with Crippen LogP contribution >= 0.6 is 0 Å². The number of ether oxygens (including phenoxy) is 2. The Balaban J connectivity index is 1.99. The van der Waals surface area contributed by atoms with Gasteiger partial charge in [-0.1, -0.05) is 0 Å². The molecule has 2 rings (SSSR count). The molecule has 0 radical (unpaired) electrons. The van der Waals surface area contributed by atoms with Crippen molar-refractivity contribution in [3.05, 3.63) is 23.8 Å². The van der Waals surface area contributed by atoms with Crippen molar-refractivity contribution in [2.45, 2.75) is 26.0 Å². The van der Waals surface area contributed by atoms with Gasteiger partial charge in [-0.2, -0.15) is 8.78 Å². The van der Waals surface area contributed by atoms with Crippen LogP contribution in [0.5, 0.6) is 11.5 Å². The van der Waals surface area contributed by atoms with Crippen molar-refractivity contribution in [1.82, 2.24) is 5.32 Å². The van der Waals surface area contributed by atoms with E-state index in [4.69, 9.17) is 4.74 Å². The smallest absolute Gasteiger partial charge is 0.387 e. The van der Waals surface area contributed by atoms with Crippen LogP contribution in [0.4, 0.5) is 8.78 Å². The number of alkyl halides is 2. The molecule has 4 nitrogen and oxygen atoms in total. The molecular weight excluding hydrogens is 268 g/mol. The molecule has 0 unspecified atom stereocenters. The Labute approximate surface area is 116 Å². The summed E-state index contributed by atoms with van der Waals surface area (Å²) in [6.45, 7) is -1.65. The highest BCUT2D eigenvalue weighted by molar-refractivity contribution is 5.40. The summed E-state index contributed by atoms with van der Waals surface area (Å²) < 4.78 is 34.3. The highest BCUT2D eigenvalue weighted by Gasteiger charge is 2.41. The topological polar surface area (TPSA) is 50.7 Å². The molecule has 2 N–H and O–H groups in total. The van der Waals surface area contributed by atoms with Crippen LogP contribution < -0.4 is 14.8 Å². The molecule has 0 spiro atoms. The molecule has 0 saturated heterocycles. The standard InChI is InChI=1S/C14H19F2NO3/c1-19-11-2-3-12(20-13(15)16)10(6-11)7-17-8-14(9-18)4-5-14/h2-3,6,13,17-18H,4-5,7-9H2,1H3. The van der Waals surface area contributed by atoms with Gasteiger partial charge in [0.15, 0.2) is 0 Å². The number of aliphatic hydroxyl groups is 1. The SMILES string of the molecule is COc1ccc(OC(F)F)c(CNCC2(CO)CC2)c1. The summed E-state index contributed by atoms with van der Waals surface area (Å²) >= 11 is 0. The third-order valence-corrected chi connectivity index (χ3v) is 3.59. The quantitative estimate of drug-likeness (QED) is 0.769. The molecule has 1 aromatic carbocycles. The molecule has 0 aromatic heterocycles. The third kappa shape index (κ3) is 3.80. The Hall–Kier alpha value is -1.40. The molecule has 1 aliphatic rings. The van der Waals surface area contributed by atoms with Gasteiger partial charge in [0, 0.05) is 30.7 Å². The number of halogens is 2. The fraction of sp³-hybridized carbons (Fsp3) is 0.571. The van der Waals surface area contributed by atoms with Gasteiger partial charge in [0.05, 0.1) is 7.11 Å². The van der Waals surface area contributed by atoms with Crippen LogP contribution in [0.2, 0.25) is 0 Å². The Morgan fingerprint density at radius 1 is 1.40 bits per heavy atom. The molecule has 20 heavy (non-hydrogen) atoms. The van der Waals surface area contributed by atoms with Gasteiger partial charge >= 0.3 is 6.61 Å². The molecule has 0 atom stereocenters. The van der Waals surface area contributed by atoms with E-state index in [0.717, 1.165) is 12.8 Å². The number of methoxy groups -OCH3 is 1. The minimum atomic E-state index is -2.85. The van der Waals surface area contributed by atoms with E-state index < -0.39 is 6.61 Å². The first-order valence-corrected chi connectivity index (χ1v) is 6.52. The summed E-state index contributed by atoms with van der Waals surface area (Å²) in [6, 6.07) is 4.72. The molecular formula is C14H19F2NO3. The first kappa shape index (κ1) is 15.0. The van der Waals surface area contributed by atoms with Crippen LogP contribution in [0.1, 0.15) is 18.4 Å². The minimum absolute atomic E-state index is 0.0252. The molecule has 0 bridgehead atoms. The van der Waals surface area contributed by atoms with Gasteiger partial charge in [-0.05, 0) is 31.0 Å². The Kier molecular flexibility index (Phi) is 4.77. The van der Waals surface area contributed by atoms with Gasteiger partial charge in [0.2, 0.25) is 0 Å². The Bertz CT molecular complexity index is 450. The summed E-state index contributed by atoms with van der Waals surface area (Å²) in [5.41, 5.74) is 0.584. The molecule has 1 aliphatic carbocycles. The zero-order valence-corrected chi connectivity index (χ0v) is 11.4. The number of benzene rings is 1. The summed E-state index contributed by atoms with van der Waals surface area (Å²) in [7, 11) is 1.52. The van der Waals surface area contributed by atoms with Crippen molar-refractivity contribution in [2.24, 2.45) is 5.41 Å². The molecule has 1 saturated carbocycles. The van der Waals surface area contributed by atoms with Gasteiger partial charge in [-0.25, -0.2) is 0 Å². The summed E-state index contributed by atoms with van der Waals surface area (Å²) in [6.07, 6.45) is 1.99. The average molecular weight is 287 g/mol. The monoisotopic (exact) mass is 287 g/mol. The van der Waals surface area contributed by atoms with Gasteiger partial charge in [-0.3, -0.25) is 0 Å². The number of aliphatic hydroxyl groups excluding tert-OH is 1. The highest BCUT2D eigenvalue weighted by atomic mass is 19.3. The molecule has 0 heterocycles. The molecule has 0 aliphatic heterocycles. The lowest BCUT2D eigenvalue weighted by Gasteiger charge is -2.15. The fourth-order valence-electron chi connectivity index (χ4n) is 2.06. The Morgan fingerprint density at radius 2 is 2.15 bits per heavy atom. The van der Waals surface area contributed by atoms with Crippen LogP contribution in [0.25, 0.3) is 0 Å². The zero-order valence-electron chi connectivity index (χ0n) is 11.4. The second-order valence-electron chi connectivity index (χ2n) is 5.11. The molecule has 112 valence electrons. The average Bonchev–Trinajstić information content (AvgIpc) is 3.20. The van der Waals surface area contributed by atoms with Crippen molar-refractivity contribution >= 4 is 0 Å². The predicted molar refractivity (Wildman–Crippen MR) is 70.1 cm³/mol. The van der Waals surface area contributed by atoms with E-state index in [1.807, 2.05) is 0 Å². The van der Waals surface area contributed by atoms with E-state index in [1.165, 1.54) is 13.2 Å². The maximum absolute atomic E-state index is 12.4. The largest absolute Gasteiger partial charge is 0.497 e. The summed E-state index contributed by atoms with van der Waals surface area (Å²) in [5.74, 6) is 0.730. The van der Waals surface area contributed by atoms with Crippen LogP contribution in [0.3, 0.4) is 0 Å². The zero-order chi connectivity index (χ0) is 14.6. The maximum Gasteiger partial charge on any atom is 0.387 e. The molecule has 1 aromatic rings. The lowest BCUT2D eigenvalue weighted by atomic mass is 10.1. The third-order valence-electron chi connectivity index (χ3n) is 3.59. The van der Waals surface area contributed by atoms with Gasteiger partial charge in [-0.15, -0.1) is 0 Å². The fourth-order valence-corrected chi connectivity index (χ4v) is 2.06. The Morgan fingerprint density at radius 3 is 2.70 bits per heavy atom. The molecule has 6 heteroatoms. The van der Waals surface area contributed by atoms with E-state index in [1.54, 1.807) is 12.1 Å². The first-order valence-electron chi connectivity index (χ1n) is 6.52. The normalized spacial score (nSPS) is 16.2. The second-order valence-corrected chi connectivity index (χ2v) is 5.11. The van der Waals surface area contributed by atoms with Crippen LogP contribution in [-0.4, -0.2) is 32.0 Å². The second kappa shape index (κ2) is 6.37. The summed E-state index contributed by atoms with van der Waals surface area (Å²) in [5, 5.41) is 12.4. The maximum atomic E-state index is 12.4. The van der Waals surface area contributed by atoms with Crippen molar-refractivity contribution in [1.29, 1.82) is 0 Å². The number of hydrogen-bond donors (Lipinski definition) is 2. The van der Waals surface area contributed by atoms with Crippen molar-refractivity contribution < 1.29 is 23.4 Å². The lowest BCUT2D eigenvalue weighted by Crippen LogP contribution is -2.26. The van der Waals surface area contributed by atoms with Crippen LogP contribution in [0, 0.1) is 5.41 Å². The van der Waals surface area contributed by atoms with Gasteiger partial charge < -0.3 is 19.9 Å². The summed E-state index contributed by atoms with van der Waals surface area (Å²) in [4.78, 5) is 0.